The van der Waals surface area contributed by atoms with Crippen molar-refractivity contribution in [3.63, 3.8) is 0 Å². The Bertz CT molecular complexity index is 2020. The Morgan fingerprint density at radius 2 is 1.90 bits per heavy atom. The Balaban J connectivity index is 1.36. The second-order valence-electron chi connectivity index (χ2n) is 11.9. The van der Waals surface area contributed by atoms with Gasteiger partial charge in [-0.1, -0.05) is 18.5 Å². The van der Waals surface area contributed by atoms with Gasteiger partial charge in [0.2, 0.25) is 11.3 Å². The maximum Gasteiger partial charge on any atom is 0.416 e. The van der Waals surface area contributed by atoms with Crippen LogP contribution in [0.25, 0.3) is 11.2 Å². The van der Waals surface area contributed by atoms with Crippen molar-refractivity contribution in [3.8, 4) is 5.75 Å². The Kier molecular flexibility index (Phi) is 8.39. The van der Waals surface area contributed by atoms with Gasteiger partial charge in [-0.3, -0.25) is 14.4 Å². The van der Waals surface area contributed by atoms with Gasteiger partial charge >= 0.3 is 6.18 Å². The molecule has 2 saturated heterocycles. The molecule has 2 N–H and O–H groups in total. The number of hydrogen-bond acceptors (Lipinski definition) is 10. The number of aromatic nitrogens is 5. The second kappa shape index (κ2) is 12.2. The van der Waals surface area contributed by atoms with Crippen LogP contribution in [-0.2, 0) is 23.9 Å². The first-order chi connectivity index (χ1) is 22.7. The van der Waals surface area contributed by atoms with Gasteiger partial charge in [0.25, 0.3) is 5.91 Å². The lowest BCUT2D eigenvalue weighted by Gasteiger charge is -2.36. The summed E-state index contributed by atoms with van der Waals surface area (Å²) < 4.78 is 41.0. The van der Waals surface area contributed by atoms with Gasteiger partial charge in [0.15, 0.2) is 22.6 Å². The molecular formula is C31H31ClF3N9O4. The van der Waals surface area contributed by atoms with Crippen LogP contribution in [-0.4, -0.2) is 85.6 Å². The zero-order valence-corrected chi connectivity index (χ0v) is 27.1. The number of aromatic hydroxyl groups is 1. The van der Waals surface area contributed by atoms with Crippen molar-refractivity contribution in [2.45, 2.75) is 51.5 Å². The summed E-state index contributed by atoms with van der Waals surface area (Å²) in [4.78, 5) is 63.3. The molecule has 2 aliphatic heterocycles. The lowest BCUT2D eigenvalue weighted by atomic mass is 10.1. The van der Waals surface area contributed by atoms with Gasteiger partial charge in [-0.05, 0) is 38.0 Å². The van der Waals surface area contributed by atoms with E-state index in [0.29, 0.717) is 36.6 Å². The van der Waals surface area contributed by atoms with Gasteiger partial charge in [0, 0.05) is 38.9 Å². The first-order valence-electron chi connectivity index (χ1n) is 15.0. The summed E-state index contributed by atoms with van der Waals surface area (Å²) in [5.74, 6) is -0.904. The van der Waals surface area contributed by atoms with E-state index in [0.717, 1.165) is 18.2 Å². The fourth-order valence-electron chi connectivity index (χ4n) is 6.34. The van der Waals surface area contributed by atoms with Crippen LogP contribution < -0.4 is 20.5 Å². The van der Waals surface area contributed by atoms with Gasteiger partial charge in [-0.15, -0.1) is 0 Å². The molecule has 0 saturated carbocycles. The van der Waals surface area contributed by atoms with E-state index in [1.54, 1.807) is 35.4 Å². The summed E-state index contributed by atoms with van der Waals surface area (Å²) in [6.45, 7) is 3.63. The molecule has 0 unspecified atom stereocenters. The number of hydrogen-bond donors (Lipinski definition) is 2. The molecule has 0 radical (unpaired) electrons. The van der Waals surface area contributed by atoms with E-state index in [4.69, 9.17) is 11.6 Å². The molecule has 4 aromatic rings. The van der Waals surface area contributed by atoms with Crippen molar-refractivity contribution in [3.05, 3.63) is 68.6 Å². The number of nitrogens with zero attached hydrogens (tertiary/aromatic N) is 8. The number of anilines is 3. The molecule has 2 atom stereocenters. The lowest BCUT2D eigenvalue weighted by Crippen LogP contribution is -2.50. The van der Waals surface area contributed by atoms with Crippen LogP contribution >= 0.6 is 11.6 Å². The van der Waals surface area contributed by atoms with Crippen LogP contribution in [0.1, 0.15) is 40.8 Å². The predicted molar refractivity (Wildman–Crippen MR) is 172 cm³/mol. The van der Waals surface area contributed by atoms with E-state index in [9.17, 15) is 32.7 Å². The van der Waals surface area contributed by atoms with E-state index in [1.807, 2.05) is 11.8 Å². The minimum absolute atomic E-state index is 0.00852. The van der Waals surface area contributed by atoms with Crippen molar-refractivity contribution < 1.29 is 27.9 Å². The number of pyridine rings is 1. The summed E-state index contributed by atoms with van der Waals surface area (Å²) in [6.07, 6.45) is -1.02. The Morgan fingerprint density at radius 3 is 2.52 bits per heavy atom. The predicted octanol–water partition coefficient (Wildman–Crippen LogP) is 3.64. The zero-order chi connectivity index (χ0) is 34.7. The van der Waals surface area contributed by atoms with Crippen LogP contribution in [0.4, 0.5) is 30.4 Å². The van der Waals surface area contributed by atoms with Gasteiger partial charge in [-0.25, -0.2) is 19.9 Å². The molecule has 3 aromatic heterocycles. The van der Waals surface area contributed by atoms with Crippen molar-refractivity contribution in [1.82, 2.24) is 29.4 Å². The highest BCUT2D eigenvalue weighted by Gasteiger charge is 2.47. The quantitative estimate of drug-likeness (QED) is 0.295. The Labute approximate surface area is 277 Å². The summed E-state index contributed by atoms with van der Waals surface area (Å²) in [6, 6.07) is 2.11. The fraction of sp³-hybridized carbons (Fsp3) is 0.387. The van der Waals surface area contributed by atoms with E-state index < -0.39 is 23.6 Å². The standard InChI is InChI=1S/C31H31ClF3N9O4/c1-5-21-26(42-11-18-9-17(42)12-43(18)30(48)25-27(46)15(2)37-14-38-25)28(47)24-29(36-10-22(40-24)41(3)4)44(21)13-23(45)39-20-7-6-16(8-19(20)32)31(33,34)35/h6-8,10,14,17-18,46H,5,9,11-13H2,1-4H3,(H,39,45)/t17-,18-/m1/s1. The number of amides is 2. The summed E-state index contributed by atoms with van der Waals surface area (Å²) in [5, 5.41) is 12.7. The first-order valence-corrected chi connectivity index (χ1v) is 15.4. The third-order valence-electron chi connectivity index (χ3n) is 8.69. The molecule has 2 amide bonds. The molecule has 0 spiro atoms. The number of nitrogens with one attached hydrogen (secondary N) is 1. The van der Waals surface area contributed by atoms with Crippen LogP contribution in [0.5, 0.6) is 5.75 Å². The minimum Gasteiger partial charge on any atom is -0.504 e. The smallest absolute Gasteiger partial charge is 0.416 e. The van der Waals surface area contributed by atoms with E-state index >= 15 is 0 Å². The number of rotatable bonds is 7. The zero-order valence-electron chi connectivity index (χ0n) is 26.3. The first kappa shape index (κ1) is 32.9. The third kappa shape index (κ3) is 5.73. The number of aryl methyl sites for hydroxylation is 1. The average Bonchev–Trinajstić information content (AvgIpc) is 3.65. The molecule has 48 heavy (non-hydrogen) atoms. The number of carbonyl (C=O) groups excluding carboxylic acids is 2. The van der Waals surface area contributed by atoms with Crippen LogP contribution in [0.3, 0.4) is 0 Å². The molecule has 2 fully saturated rings. The Morgan fingerprint density at radius 1 is 1.15 bits per heavy atom. The molecule has 2 bridgehead atoms. The summed E-state index contributed by atoms with van der Waals surface area (Å²) >= 11 is 6.10. The monoisotopic (exact) mass is 685 g/mol. The van der Waals surface area contributed by atoms with Gasteiger partial charge < -0.3 is 29.7 Å². The van der Waals surface area contributed by atoms with Crippen molar-refractivity contribution in [1.29, 1.82) is 0 Å². The molecule has 2 aliphatic rings. The van der Waals surface area contributed by atoms with Crippen molar-refractivity contribution in [2.75, 3.05) is 42.3 Å². The van der Waals surface area contributed by atoms with Crippen LogP contribution in [0.15, 0.2) is 35.5 Å². The van der Waals surface area contributed by atoms with E-state index in [2.05, 4.69) is 25.3 Å². The normalized spacial score (nSPS) is 17.3. The van der Waals surface area contributed by atoms with Crippen molar-refractivity contribution in [2.24, 2.45) is 0 Å². The number of piperazine rings is 1. The fourth-order valence-corrected chi connectivity index (χ4v) is 6.57. The molecular weight excluding hydrogens is 655 g/mol. The highest BCUT2D eigenvalue weighted by atomic mass is 35.5. The van der Waals surface area contributed by atoms with Crippen LogP contribution in [0.2, 0.25) is 5.02 Å². The highest BCUT2D eigenvalue weighted by molar-refractivity contribution is 6.33. The molecule has 13 nitrogen and oxygen atoms in total. The number of likely N-dealkylation sites (tertiary alicyclic amines) is 1. The molecule has 6 rings (SSSR count). The number of alkyl halides is 3. The Hall–Kier alpha value is -4.99. The number of benzene rings is 1. The van der Waals surface area contributed by atoms with Crippen LogP contribution in [0, 0.1) is 6.92 Å². The summed E-state index contributed by atoms with van der Waals surface area (Å²) in [7, 11) is 3.50. The molecule has 17 heteroatoms. The summed E-state index contributed by atoms with van der Waals surface area (Å²) in [5.41, 5.74) is -0.118. The highest BCUT2D eigenvalue weighted by Crippen LogP contribution is 2.38. The number of carbonyl (C=O) groups is 2. The average molecular weight is 686 g/mol. The number of fused-ring (bicyclic) bond motifs is 3. The third-order valence-corrected chi connectivity index (χ3v) is 9.00. The van der Waals surface area contributed by atoms with Gasteiger partial charge in [-0.2, -0.15) is 13.2 Å². The van der Waals surface area contributed by atoms with Gasteiger partial charge in [0.05, 0.1) is 34.2 Å². The van der Waals surface area contributed by atoms with Crippen molar-refractivity contribution >= 4 is 51.8 Å². The SMILES string of the molecule is CCc1c(N2C[C@H]3C[C@@H]2CN3C(=O)c2ncnc(C)c2O)c(=O)c2nc(N(C)C)cnc2n1CC(=O)Nc1ccc(C(F)(F)F)cc1Cl. The maximum absolute atomic E-state index is 14.2. The molecule has 5 heterocycles. The molecule has 0 aliphatic carbocycles. The topological polar surface area (TPSA) is 150 Å². The van der Waals surface area contributed by atoms with Gasteiger partial charge in [0.1, 0.15) is 24.4 Å². The second-order valence-corrected chi connectivity index (χ2v) is 12.3. The lowest BCUT2D eigenvalue weighted by molar-refractivity contribution is -0.137. The van der Waals surface area contributed by atoms with E-state index in [-0.39, 0.29) is 69.6 Å². The van der Waals surface area contributed by atoms with E-state index in [1.165, 1.54) is 12.5 Å². The maximum atomic E-state index is 14.2. The number of halogens is 4. The molecule has 252 valence electrons. The minimum atomic E-state index is -4.60. The molecule has 1 aromatic carbocycles. The largest absolute Gasteiger partial charge is 0.504 e.